The number of aliphatic hydroxyl groups excluding tert-OH is 2. The molecule has 0 aliphatic heterocycles. The summed E-state index contributed by atoms with van der Waals surface area (Å²) in [6, 6.07) is 30.3. The third kappa shape index (κ3) is 19.3. The number of aliphatic hydroxyl groups is 2. The Balaban J connectivity index is 0.000000358. The zero-order valence-electron chi connectivity index (χ0n) is 25.6. The molecule has 0 spiro atoms. The molecule has 0 radical (unpaired) electrons. The van der Waals surface area contributed by atoms with Crippen molar-refractivity contribution in [2.24, 2.45) is 0 Å². The molecule has 0 bridgehead atoms. The normalized spacial score (nSPS) is 9.91. The Morgan fingerprint density at radius 2 is 1.11 bits per heavy atom. The Morgan fingerprint density at radius 1 is 0.630 bits per heavy atom. The maximum absolute atomic E-state index is 11.8. The minimum Gasteiger partial charge on any atom is -0.449 e. The molecular weight excluding hydrogens is 722 g/mol. The fraction of sp³-hybridized carbons (Fsp3) is 0.222. The predicted molar refractivity (Wildman–Crippen MR) is 186 cm³/mol. The maximum atomic E-state index is 11.8. The molecule has 4 rings (SSSR count). The average Bonchev–Trinajstić information content (AvgIpc) is 3.02. The van der Waals surface area contributed by atoms with Gasteiger partial charge in [-0.2, -0.15) is 0 Å². The minimum atomic E-state index is -4.63. The molecular formula is C36H34BBrCl2F3KO2. The average molecular weight is 756 g/mol. The molecule has 0 aliphatic carbocycles. The molecule has 4 aromatic rings. The van der Waals surface area contributed by atoms with Crippen molar-refractivity contribution in [3.8, 4) is 23.7 Å². The van der Waals surface area contributed by atoms with Crippen molar-refractivity contribution < 1.29 is 74.5 Å². The number of halogens is 6. The molecule has 0 saturated heterocycles. The SMILES string of the molecule is F[B-](F)(F)CCc1ccccc1.OCCC#Cc1ccc(Cl)cc1Br.OCCC#Cc1ccc(Cl)cc1CCc1ccccc1.[K+]. The van der Waals surface area contributed by atoms with Crippen LogP contribution < -0.4 is 51.4 Å². The van der Waals surface area contributed by atoms with Gasteiger partial charge >= 0.3 is 58.4 Å². The second-order valence-corrected chi connectivity index (χ2v) is 11.4. The molecule has 0 aromatic heterocycles. The Hall–Kier alpha value is -1.53. The van der Waals surface area contributed by atoms with E-state index in [1.165, 1.54) is 5.56 Å². The molecule has 46 heavy (non-hydrogen) atoms. The molecule has 0 saturated carbocycles. The van der Waals surface area contributed by atoms with E-state index in [1.807, 2.05) is 30.3 Å². The van der Waals surface area contributed by atoms with Crippen molar-refractivity contribution in [2.75, 3.05) is 13.2 Å². The van der Waals surface area contributed by atoms with Crippen molar-refractivity contribution in [1.29, 1.82) is 0 Å². The van der Waals surface area contributed by atoms with E-state index < -0.39 is 13.3 Å². The number of benzene rings is 4. The standard InChI is InChI=1S/C18H17ClO.C10H8BrClO.C8H9BF3.K/c19-18-12-11-16(8-4-5-13-20)17(14-18)10-9-15-6-2-1-3-7-15;11-10-7-9(12)5-4-8(10)3-1-2-6-13;10-9(11,12)7-6-8-4-2-1-3-5-8;/h1-3,6-7,11-12,14,20H,5,9-10,13H2;4-5,7,13H,2,6H2;1-5H,6-7H2;/q;;-1;+1. The first kappa shape index (κ1) is 42.5. The Morgan fingerprint density at radius 3 is 1.61 bits per heavy atom. The van der Waals surface area contributed by atoms with Gasteiger partial charge in [0, 0.05) is 38.5 Å². The van der Waals surface area contributed by atoms with E-state index in [-0.39, 0.29) is 71.0 Å². The van der Waals surface area contributed by atoms with E-state index >= 15 is 0 Å². The summed E-state index contributed by atoms with van der Waals surface area (Å²) in [5, 5.41) is 18.7. The van der Waals surface area contributed by atoms with E-state index in [2.05, 4.69) is 63.9 Å². The number of hydrogen-bond acceptors (Lipinski definition) is 2. The Bertz CT molecular complexity index is 1570. The summed E-state index contributed by atoms with van der Waals surface area (Å²) < 4.78 is 36.3. The number of rotatable bonds is 8. The molecule has 0 fully saturated rings. The largest absolute Gasteiger partial charge is 1.00 e. The van der Waals surface area contributed by atoms with Crippen LogP contribution in [-0.2, 0) is 19.3 Å². The van der Waals surface area contributed by atoms with Crippen LogP contribution in [0.15, 0.2) is 102 Å². The van der Waals surface area contributed by atoms with Gasteiger partial charge in [-0.05, 0) is 76.3 Å². The minimum absolute atomic E-state index is 0. The van der Waals surface area contributed by atoms with Gasteiger partial charge in [0.2, 0.25) is 0 Å². The van der Waals surface area contributed by atoms with Crippen LogP contribution in [0.25, 0.3) is 0 Å². The first-order chi connectivity index (χ1) is 21.6. The van der Waals surface area contributed by atoms with Crippen molar-refractivity contribution >= 4 is 46.1 Å². The molecule has 0 heterocycles. The van der Waals surface area contributed by atoms with Gasteiger partial charge in [0.15, 0.2) is 0 Å². The van der Waals surface area contributed by atoms with Crippen LogP contribution >= 0.6 is 39.1 Å². The molecule has 4 aromatic carbocycles. The third-order valence-corrected chi connectivity index (χ3v) is 7.17. The van der Waals surface area contributed by atoms with Gasteiger partial charge in [-0.15, -0.1) is 0 Å². The van der Waals surface area contributed by atoms with Crippen molar-refractivity contribution in [3.05, 3.63) is 139 Å². The van der Waals surface area contributed by atoms with E-state index in [4.69, 9.17) is 33.4 Å². The summed E-state index contributed by atoms with van der Waals surface area (Å²) in [6.07, 6.45) is 2.30. The van der Waals surface area contributed by atoms with Gasteiger partial charge in [0.1, 0.15) is 0 Å². The summed E-state index contributed by atoms with van der Waals surface area (Å²) >= 11 is 15.2. The number of hydrogen-bond donors (Lipinski definition) is 2. The maximum Gasteiger partial charge on any atom is 1.00 e. The predicted octanol–water partition coefficient (Wildman–Crippen LogP) is 6.78. The molecule has 2 N–H and O–H groups in total. The van der Waals surface area contributed by atoms with E-state index in [0.29, 0.717) is 17.9 Å². The van der Waals surface area contributed by atoms with Gasteiger partial charge in [0.05, 0.1) is 13.2 Å². The summed E-state index contributed by atoms with van der Waals surface area (Å²) in [5.74, 6) is 11.8. The molecule has 0 unspecified atom stereocenters. The molecule has 10 heteroatoms. The van der Waals surface area contributed by atoms with E-state index in [1.54, 1.807) is 42.5 Å². The molecule has 236 valence electrons. The zero-order chi connectivity index (χ0) is 32.9. The van der Waals surface area contributed by atoms with Crippen LogP contribution in [0.3, 0.4) is 0 Å². The van der Waals surface area contributed by atoms with Crippen molar-refractivity contribution in [2.45, 2.75) is 38.4 Å². The van der Waals surface area contributed by atoms with Crippen LogP contribution in [0.5, 0.6) is 0 Å². The first-order valence-corrected chi connectivity index (χ1v) is 15.9. The second-order valence-electron chi connectivity index (χ2n) is 9.70. The van der Waals surface area contributed by atoms with Gasteiger partial charge in [-0.1, -0.05) is 126 Å². The summed E-state index contributed by atoms with van der Waals surface area (Å²) in [7, 11) is 0. The van der Waals surface area contributed by atoms with Gasteiger partial charge in [-0.25, -0.2) is 0 Å². The monoisotopic (exact) mass is 754 g/mol. The second kappa shape index (κ2) is 24.6. The van der Waals surface area contributed by atoms with E-state index in [0.717, 1.165) is 44.6 Å². The topological polar surface area (TPSA) is 40.5 Å². The van der Waals surface area contributed by atoms with Crippen LogP contribution in [0, 0.1) is 23.7 Å². The van der Waals surface area contributed by atoms with Gasteiger partial charge < -0.3 is 23.2 Å². The smallest absolute Gasteiger partial charge is 0.449 e. The van der Waals surface area contributed by atoms with Crippen molar-refractivity contribution in [3.63, 3.8) is 0 Å². The summed E-state index contributed by atoms with van der Waals surface area (Å²) in [5.41, 5.74) is 5.10. The van der Waals surface area contributed by atoms with E-state index in [9.17, 15) is 12.9 Å². The Labute approximate surface area is 331 Å². The molecule has 2 nitrogen and oxygen atoms in total. The number of aryl methyl sites for hydroxylation is 3. The van der Waals surface area contributed by atoms with Crippen LogP contribution in [-0.4, -0.2) is 30.4 Å². The van der Waals surface area contributed by atoms with Crippen LogP contribution in [0.1, 0.15) is 40.7 Å². The van der Waals surface area contributed by atoms with Crippen LogP contribution in [0.2, 0.25) is 16.4 Å². The fourth-order valence-electron chi connectivity index (χ4n) is 3.81. The van der Waals surface area contributed by atoms with Gasteiger partial charge in [-0.3, -0.25) is 0 Å². The molecule has 0 amide bonds. The molecule has 0 aliphatic rings. The van der Waals surface area contributed by atoms with Crippen LogP contribution in [0.4, 0.5) is 12.9 Å². The summed E-state index contributed by atoms with van der Waals surface area (Å²) in [6.45, 7) is -4.44. The Kier molecular flexibility index (Phi) is 22.7. The fourth-order valence-corrected chi connectivity index (χ4v) is 4.78. The van der Waals surface area contributed by atoms with Crippen molar-refractivity contribution in [1.82, 2.24) is 0 Å². The first-order valence-electron chi connectivity index (χ1n) is 14.3. The zero-order valence-corrected chi connectivity index (χ0v) is 31.9. The summed E-state index contributed by atoms with van der Waals surface area (Å²) in [4.78, 5) is 0. The van der Waals surface area contributed by atoms with Gasteiger partial charge in [0.25, 0.3) is 0 Å². The quantitative estimate of drug-likeness (QED) is 0.154. The molecule has 0 atom stereocenters. The third-order valence-electron chi connectivity index (χ3n) is 6.05.